The number of rotatable bonds is 3. The topological polar surface area (TPSA) is 63.3 Å². The van der Waals surface area contributed by atoms with Crippen LogP contribution >= 0.6 is 23.4 Å². The smallest absolute Gasteiger partial charge is 0.325 e. The maximum absolute atomic E-state index is 10.8. The van der Waals surface area contributed by atoms with E-state index in [4.69, 9.17) is 22.4 Å². The molecular formula is C12H14ClNO2S. The summed E-state index contributed by atoms with van der Waals surface area (Å²) in [6.45, 7) is 0. The second-order valence-electron chi connectivity index (χ2n) is 4.16. The zero-order valence-electron chi connectivity index (χ0n) is 9.23. The van der Waals surface area contributed by atoms with Gasteiger partial charge < -0.3 is 10.8 Å². The molecule has 0 aromatic heterocycles. The molecule has 1 fully saturated rings. The summed E-state index contributed by atoms with van der Waals surface area (Å²) in [6, 6.07) is 4.36. The Bertz CT molecular complexity index is 433. The van der Waals surface area contributed by atoms with Crippen LogP contribution in [0.15, 0.2) is 18.2 Å². The number of thioether (sulfide) groups is 1. The van der Waals surface area contributed by atoms with Crippen LogP contribution in [-0.4, -0.2) is 22.6 Å². The molecule has 1 heterocycles. The molecule has 1 aliphatic heterocycles. The largest absolute Gasteiger partial charge is 0.480 e. The second-order valence-corrected chi connectivity index (χ2v) is 5.71. The summed E-state index contributed by atoms with van der Waals surface area (Å²) in [6.07, 6.45) is 1.13. The van der Waals surface area contributed by atoms with E-state index in [1.165, 1.54) is 0 Å². The van der Waals surface area contributed by atoms with Crippen LogP contribution in [0.3, 0.4) is 0 Å². The molecule has 1 aromatic carbocycles. The number of benzene rings is 1. The van der Waals surface area contributed by atoms with E-state index in [2.05, 4.69) is 0 Å². The van der Waals surface area contributed by atoms with Gasteiger partial charge in [-0.3, -0.25) is 4.79 Å². The summed E-state index contributed by atoms with van der Waals surface area (Å²) in [5.41, 5.74) is 7.21. The molecule has 0 saturated carbocycles. The lowest BCUT2D eigenvalue weighted by Gasteiger charge is -2.14. The van der Waals surface area contributed by atoms with Gasteiger partial charge in [0.05, 0.1) is 0 Å². The van der Waals surface area contributed by atoms with Crippen molar-refractivity contribution < 1.29 is 9.90 Å². The molecule has 2 rings (SSSR count). The van der Waals surface area contributed by atoms with Crippen molar-refractivity contribution in [2.24, 2.45) is 5.73 Å². The number of carbonyl (C=O) groups is 1. The average Bonchev–Trinajstić information content (AvgIpc) is 2.81. The zero-order valence-corrected chi connectivity index (χ0v) is 10.8. The van der Waals surface area contributed by atoms with E-state index in [9.17, 15) is 4.79 Å². The van der Waals surface area contributed by atoms with Crippen LogP contribution < -0.4 is 5.73 Å². The van der Waals surface area contributed by atoms with Gasteiger partial charge in [0.15, 0.2) is 0 Å². The van der Waals surface area contributed by atoms with E-state index >= 15 is 0 Å². The lowest BCUT2D eigenvalue weighted by molar-refractivity contribution is -0.138. The maximum Gasteiger partial charge on any atom is 0.325 e. The molecule has 2 unspecified atom stereocenters. The van der Waals surface area contributed by atoms with Gasteiger partial charge in [0, 0.05) is 10.8 Å². The first-order valence-electron chi connectivity index (χ1n) is 5.45. The highest BCUT2D eigenvalue weighted by Gasteiger charge is 2.21. The Morgan fingerprint density at radius 2 is 2.35 bits per heavy atom. The molecular weight excluding hydrogens is 258 g/mol. The number of carboxylic acid groups (broad SMARTS) is 1. The van der Waals surface area contributed by atoms with Gasteiger partial charge in [0.2, 0.25) is 0 Å². The van der Waals surface area contributed by atoms with Gasteiger partial charge >= 0.3 is 5.97 Å². The monoisotopic (exact) mass is 271 g/mol. The molecule has 3 N–H and O–H groups in total. The highest BCUT2D eigenvalue weighted by molar-refractivity contribution is 7.99. The molecule has 1 saturated heterocycles. The van der Waals surface area contributed by atoms with Crippen molar-refractivity contribution in [1.82, 2.24) is 0 Å². The van der Waals surface area contributed by atoms with Crippen LogP contribution in [0.1, 0.15) is 29.5 Å². The Morgan fingerprint density at radius 3 is 2.88 bits per heavy atom. The molecule has 3 nitrogen and oxygen atoms in total. The third-order valence-corrected chi connectivity index (χ3v) is 4.51. The molecule has 2 atom stereocenters. The van der Waals surface area contributed by atoms with Crippen molar-refractivity contribution in [2.75, 3.05) is 11.5 Å². The van der Waals surface area contributed by atoms with Crippen molar-refractivity contribution in [2.45, 2.75) is 18.4 Å². The van der Waals surface area contributed by atoms with Crippen molar-refractivity contribution in [3.63, 3.8) is 0 Å². The fourth-order valence-electron chi connectivity index (χ4n) is 1.99. The molecule has 0 aliphatic carbocycles. The predicted octanol–water partition coefficient (Wildman–Crippen LogP) is 2.64. The summed E-state index contributed by atoms with van der Waals surface area (Å²) in [7, 11) is 0. The van der Waals surface area contributed by atoms with Gasteiger partial charge in [-0.05, 0) is 35.3 Å². The van der Waals surface area contributed by atoms with E-state index < -0.39 is 12.0 Å². The first kappa shape index (κ1) is 12.7. The number of halogens is 1. The first-order valence-corrected chi connectivity index (χ1v) is 6.98. The maximum atomic E-state index is 10.8. The Morgan fingerprint density at radius 1 is 1.59 bits per heavy atom. The average molecular weight is 272 g/mol. The summed E-state index contributed by atoms with van der Waals surface area (Å²) < 4.78 is 0. The van der Waals surface area contributed by atoms with Gasteiger partial charge in [0.1, 0.15) is 6.04 Å². The van der Waals surface area contributed by atoms with Crippen molar-refractivity contribution in [1.29, 1.82) is 0 Å². The molecule has 17 heavy (non-hydrogen) atoms. The van der Waals surface area contributed by atoms with E-state index in [0.717, 1.165) is 23.5 Å². The van der Waals surface area contributed by atoms with Gasteiger partial charge in [0.25, 0.3) is 0 Å². The van der Waals surface area contributed by atoms with Gasteiger partial charge in [-0.2, -0.15) is 11.8 Å². The number of nitrogens with two attached hydrogens (primary N) is 1. The summed E-state index contributed by atoms with van der Waals surface area (Å²) >= 11 is 8.12. The zero-order chi connectivity index (χ0) is 12.4. The third kappa shape index (κ3) is 2.76. The predicted molar refractivity (Wildman–Crippen MR) is 70.7 cm³/mol. The standard InChI is InChI=1S/C12H14ClNO2S/c13-10-5-7(11(14)12(15)16)1-2-9(10)8-3-4-17-6-8/h1-2,5,8,11H,3-4,6,14H2,(H,15,16). The number of carboxylic acids is 1. The normalized spacial score (nSPS) is 21.4. The summed E-state index contributed by atoms with van der Waals surface area (Å²) in [4.78, 5) is 10.8. The molecule has 92 valence electrons. The first-order chi connectivity index (χ1) is 8.09. The van der Waals surface area contributed by atoms with Crippen molar-refractivity contribution in [3.05, 3.63) is 34.3 Å². The quantitative estimate of drug-likeness (QED) is 0.887. The second kappa shape index (κ2) is 5.29. The Labute approximate surface area is 109 Å². The lowest BCUT2D eigenvalue weighted by atomic mass is 9.96. The SMILES string of the molecule is NC(C(=O)O)c1ccc(C2CCSC2)c(Cl)c1. The molecule has 0 bridgehead atoms. The highest BCUT2D eigenvalue weighted by Crippen LogP contribution is 2.36. The van der Waals surface area contributed by atoms with Crippen LogP contribution in [0.25, 0.3) is 0 Å². The Kier molecular flexibility index (Phi) is 3.97. The Balaban J connectivity index is 2.25. The fraction of sp³-hybridized carbons (Fsp3) is 0.417. The van der Waals surface area contributed by atoms with Crippen LogP contribution in [0.5, 0.6) is 0 Å². The number of hydrogen-bond acceptors (Lipinski definition) is 3. The van der Waals surface area contributed by atoms with E-state index in [1.807, 2.05) is 17.8 Å². The van der Waals surface area contributed by atoms with Crippen LogP contribution in [0, 0.1) is 0 Å². The van der Waals surface area contributed by atoms with Gasteiger partial charge in [-0.15, -0.1) is 0 Å². The molecule has 5 heteroatoms. The number of hydrogen-bond donors (Lipinski definition) is 2. The van der Waals surface area contributed by atoms with Gasteiger partial charge in [-0.25, -0.2) is 0 Å². The molecule has 1 aliphatic rings. The van der Waals surface area contributed by atoms with Crippen molar-refractivity contribution >= 4 is 29.3 Å². The number of aliphatic carboxylic acids is 1. The lowest BCUT2D eigenvalue weighted by Crippen LogP contribution is -2.20. The van der Waals surface area contributed by atoms with Gasteiger partial charge in [-0.1, -0.05) is 23.7 Å². The van der Waals surface area contributed by atoms with Crippen LogP contribution in [0.4, 0.5) is 0 Å². The third-order valence-electron chi connectivity index (χ3n) is 3.02. The molecule has 0 radical (unpaired) electrons. The van der Waals surface area contributed by atoms with Crippen molar-refractivity contribution in [3.8, 4) is 0 Å². The minimum Gasteiger partial charge on any atom is -0.480 e. The van der Waals surface area contributed by atoms with E-state index in [0.29, 0.717) is 16.5 Å². The Hall–Kier alpha value is -0.710. The van der Waals surface area contributed by atoms with Crippen LogP contribution in [0.2, 0.25) is 5.02 Å². The summed E-state index contributed by atoms with van der Waals surface area (Å²) in [5.74, 6) is 1.70. The van der Waals surface area contributed by atoms with E-state index in [-0.39, 0.29) is 0 Å². The highest BCUT2D eigenvalue weighted by atomic mass is 35.5. The van der Waals surface area contributed by atoms with E-state index in [1.54, 1.807) is 12.1 Å². The summed E-state index contributed by atoms with van der Waals surface area (Å²) in [5, 5.41) is 9.47. The minimum absolute atomic E-state index is 0.489. The van der Waals surface area contributed by atoms with Crippen LogP contribution in [-0.2, 0) is 4.79 Å². The molecule has 0 spiro atoms. The minimum atomic E-state index is -1.04. The fourth-order valence-corrected chi connectivity index (χ4v) is 3.58. The molecule has 1 aromatic rings. The molecule has 0 amide bonds.